The van der Waals surface area contributed by atoms with E-state index in [4.69, 9.17) is 0 Å². The molecule has 1 saturated carbocycles. The molecule has 4 atom stereocenters. The average Bonchev–Trinajstić information content (AvgIpc) is 3.19. The van der Waals surface area contributed by atoms with Gasteiger partial charge < -0.3 is 10.0 Å². The summed E-state index contributed by atoms with van der Waals surface area (Å²) >= 11 is 0. The van der Waals surface area contributed by atoms with Crippen molar-refractivity contribution in [2.45, 2.75) is 57.0 Å². The molecule has 1 aliphatic carbocycles. The lowest BCUT2D eigenvalue weighted by Gasteiger charge is -2.27. The van der Waals surface area contributed by atoms with Crippen LogP contribution in [0.4, 0.5) is 0 Å². The van der Waals surface area contributed by atoms with Crippen LogP contribution in [0, 0.1) is 25.7 Å². The quantitative estimate of drug-likeness (QED) is 0.741. The Balaban J connectivity index is 1.80. The molecule has 1 aliphatic heterocycles. The Kier molecular flexibility index (Phi) is 5.06. The molecule has 4 unspecified atom stereocenters. The number of rotatable bonds is 5. The van der Waals surface area contributed by atoms with E-state index >= 15 is 0 Å². The number of hydrogen-bond donors (Lipinski definition) is 2. The zero-order valence-corrected chi connectivity index (χ0v) is 16.8. The van der Waals surface area contributed by atoms with Gasteiger partial charge in [0.25, 0.3) is 0 Å². The number of aromatic nitrogens is 2. The molecule has 1 aromatic rings. The highest BCUT2D eigenvalue weighted by Crippen LogP contribution is 2.42. The van der Waals surface area contributed by atoms with Gasteiger partial charge in [-0.25, -0.2) is 13.2 Å². The summed E-state index contributed by atoms with van der Waals surface area (Å²) in [5.74, 6) is -1.38. The van der Waals surface area contributed by atoms with E-state index in [0.717, 1.165) is 19.3 Å². The van der Waals surface area contributed by atoms with E-state index in [0.29, 0.717) is 17.9 Å². The number of aliphatic carboxylic acids is 1. The van der Waals surface area contributed by atoms with Crippen molar-refractivity contribution >= 4 is 21.9 Å². The number of nitrogens with zero attached hydrogens (tertiary/aromatic N) is 3. The summed E-state index contributed by atoms with van der Waals surface area (Å²) in [5, 5.41) is 13.7. The van der Waals surface area contributed by atoms with Crippen LogP contribution in [0.15, 0.2) is 4.90 Å². The molecule has 10 heteroatoms. The van der Waals surface area contributed by atoms with Crippen LogP contribution in [0.2, 0.25) is 0 Å². The number of fused-ring (bicyclic) bond motifs is 1. The molecule has 0 bridgehead atoms. The van der Waals surface area contributed by atoms with Gasteiger partial charge in [-0.1, -0.05) is 6.42 Å². The predicted molar refractivity (Wildman–Crippen MR) is 96.4 cm³/mol. The molecule has 2 heterocycles. The summed E-state index contributed by atoms with van der Waals surface area (Å²) in [6, 6.07) is -1.94. The Hall–Kier alpha value is -1.94. The first-order valence-electron chi connectivity index (χ1n) is 9.10. The third-order valence-electron chi connectivity index (χ3n) is 5.84. The molecule has 2 aliphatic rings. The molecule has 0 spiro atoms. The Bertz CT molecular complexity index is 878. The number of hydrogen-bond acceptors (Lipinski definition) is 5. The number of carbonyl (C=O) groups is 2. The Morgan fingerprint density at radius 3 is 2.52 bits per heavy atom. The van der Waals surface area contributed by atoms with Crippen molar-refractivity contribution in [3.8, 4) is 0 Å². The second-order valence-electron chi connectivity index (χ2n) is 7.60. The lowest BCUT2D eigenvalue weighted by atomic mass is 9.94. The minimum Gasteiger partial charge on any atom is -0.480 e. The van der Waals surface area contributed by atoms with Gasteiger partial charge >= 0.3 is 5.97 Å². The van der Waals surface area contributed by atoms with Crippen LogP contribution in [0.1, 0.15) is 37.6 Å². The molecule has 9 nitrogen and oxygen atoms in total. The van der Waals surface area contributed by atoms with Crippen molar-refractivity contribution in [2.75, 3.05) is 6.54 Å². The fourth-order valence-electron chi connectivity index (χ4n) is 4.58. The van der Waals surface area contributed by atoms with Crippen LogP contribution in [0.25, 0.3) is 0 Å². The van der Waals surface area contributed by atoms with Crippen molar-refractivity contribution in [3.63, 3.8) is 0 Å². The van der Waals surface area contributed by atoms with Gasteiger partial charge in [-0.3, -0.25) is 9.48 Å². The van der Waals surface area contributed by atoms with E-state index < -0.39 is 34.0 Å². The van der Waals surface area contributed by atoms with E-state index in [1.54, 1.807) is 20.9 Å². The van der Waals surface area contributed by atoms with Crippen molar-refractivity contribution in [1.82, 2.24) is 19.4 Å². The largest absolute Gasteiger partial charge is 0.480 e. The summed E-state index contributed by atoms with van der Waals surface area (Å²) in [6.07, 6.45) is 2.68. The number of carbonyl (C=O) groups excluding carboxylic acids is 1. The van der Waals surface area contributed by atoms with Crippen molar-refractivity contribution in [2.24, 2.45) is 18.9 Å². The van der Waals surface area contributed by atoms with E-state index in [9.17, 15) is 23.1 Å². The number of likely N-dealkylation sites (tertiary alicyclic amines) is 1. The molecule has 1 amide bonds. The van der Waals surface area contributed by atoms with Crippen LogP contribution in [0.5, 0.6) is 0 Å². The smallest absolute Gasteiger partial charge is 0.326 e. The Labute approximate surface area is 158 Å². The number of amides is 1. The maximum atomic E-state index is 12.9. The predicted octanol–water partition coefficient (Wildman–Crippen LogP) is 0.415. The summed E-state index contributed by atoms with van der Waals surface area (Å²) in [7, 11) is -2.31. The molecule has 3 rings (SSSR count). The maximum absolute atomic E-state index is 12.9. The third kappa shape index (κ3) is 3.36. The fraction of sp³-hybridized carbons (Fsp3) is 0.706. The first kappa shape index (κ1) is 19.8. The van der Waals surface area contributed by atoms with Gasteiger partial charge in [0.15, 0.2) is 0 Å². The minimum atomic E-state index is -3.96. The number of aryl methyl sites for hydroxylation is 2. The monoisotopic (exact) mass is 398 g/mol. The first-order chi connectivity index (χ1) is 12.5. The highest BCUT2D eigenvalue weighted by Gasteiger charge is 2.50. The normalized spacial score (nSPS) is 26.2. The lowest BCUT2D eigenvalue weighted by molar-refractivity contribution is -0.150. The van der Waals surface area contributed by atoms with E-state index in [1.165, 1.54) is 16.5 Å². The number of sulfonamides is 1. The zero-order valence-electron chi connectivity index (χ0n) is 16.0. The summed E-state index contributed by atoms with van der Waals surface area (Å²) in [4.78, 5) is 26.0. The molecule has 2 N–H and O–H groups in total. The fourth-order valence-corrected chi connectivity index (χ4v) is 6.22. The van der Waals surface area contributed by atoms with Crippen LogP contribution in [-0.4, -0.2) is 58.7 Å². The SMILES string of the molecule is Cc1nn(C)c(C)c1S(=O)(=O)NC(C)C(=O)N1CC2CCCC2C1C(=O)O. The van der Waals surface area contributed by atoms with Crippen molar-refractivity contribution in [3.05, 3.63) is 11.4 Å². The van der Waals surface area contributed by atoms with E-state index in [-0.39, 0.29) is 16.7 Å². The average molecular weight is 398 g/mol. The van der Waals surface area contributed by atoms with Gasteiger partial charge in [0.2, 0.25) is 15.9 Å². The van der Waals surface area contributed by atoms with E-state index in [1.807, 2.05) is 0 Å². The number of carboxylic acids is 1. The van der Waals surface area contributed by atoms with Gasteiger partial charge in [0.1, 0.15) is 10.9 Å². The van der Waals surface area contributed by atoms with Gasteiger partial charge in [0.05, 0.1) is 17.4 Å². The minimum absolute atomic E-state index is 0.0435. The second-order valence-corrected chi connectivity index (χ2v) is 9.25. The molecule has 1 saturated heterocycles. The summed E-state index contributed by atoms with van der Waals surface area (Å²) in [6.45, 7) is 5.06. The van der Waals surface area contributed by atoms with Crippen LogP contribution in [0.3, 0.4) is 0 Å². The highest BCUT2D eigenvalue weighted by molar-refractivity contribution is 7.89. The number of nitrogens with one attached hydrogen (secondary N) is 1. The van der Waals surface area contributed by atoms with Crippen molar-refractivity contribution in [1.29, 1.82) is 0 Å². The summed E-state index contributed by atoms with van der Waals surface area (Å²) < 4.78 is 29.4. The Morgan fingerprint density at radius 1 is 1.30 bits per heavy atom. The second kappa shape index (κ2) is 6.90. The van der Waals surface area contributed by atoms with Crippen LogP contribution >= 0.6 is 0 Å². The van der Waals surface area contributed by atoms with Gasteiger partial charge in [-0.05, 0) is 45.4 Å². The maximum Gasteiger partial charge on any atom is 0.326 e. The molecular weight excluding hydrogens is 372 g/mol. The van der Waals surface area contributed by atoms with Crippen LogP contribution in [-0.2, 0) is 26.7 Å². The molecule has 0 aromatic carbocycles. The van der Waals surface area contributed by atoms with Gasteiger partial charge in [0, 0.05) is 13.6 Å². The Morgan fingerprint density at radius 2 is 1.96 bits per heavy atom. The van der Waals surface area contributed by atoms with Gasteiger partial charge in [-0.2, -0.15) is 9.82 Å². The molecule has 1 aromatic heterocycles. The molecule has 0 radical (unpaired) electrons. The summed E-state index contributed by atoms with van der Waals surface area (Å²) in [5.41, 5.74) is 0.819. The molecule has 27 heavy (non-hydrogen) atoms. The third-order valence-corrected chi connectivity index (χ3v) is 7.63. The standard InChI is InChI=1S/C17H26N4O5S/c1-9-15(11(3)20(4)18-9)27(25,26)19-10(2)16(22)21-8-12-6-5-7-13(12)14(21)17(23)24/h10,12-14,19H,5-8H2,1-4H3,(H,23,24). The molecule has 2 fully saturated rings. The van der Waals surface area contributed by atoms with E-state index in [2.05, 4.69) is 9.82 Å². The molecular formula is C17H26N4O5S. The van der Waals surface area contributed by atoms with Crippen LogP contribution < -0.4 is 4.72 Å². The first-order valence-corrected chi connectivity index (χ1v) is 10.6. The zero-order chi connectivity index (χ0) is 20.1. The van der Waals surface area contributed by atoms with Gasteiger partial charge in [-0.15, -0.1) is 0 Å². The highest BCUT2D eigenvalue weighted by atomic mass is 32.2. The lowest BCUT2D eigenvalue weighted by Crippen LogP contribution is -2.51. The van der Waals surface area contributed by atoms with Crippen molar-refractivity contribution < 1.29 is 23.1 Å². The topological polar surface area (TPSA) is 122 Å². The number of carboxylic acid groups (broad SMARTS) is 1. The molecule has 150 valence electrons.